The molecule has 0 N–H and O–H groups in total. The summed E-state index contributed by atoms with van der Waals surface area (Å²) in [6, 6.07) is 8.38. The standard InChI is InChI=1S/C29H33NO8S2/c1-4-5-9-24(32)37-12-13-39-20-14-18-7-6-8-21-25(18)22(16-20)27(34)30(26(21)33)38-40(35,36)17-29-11-10-19(15-23(29)31)28(29,2)3/h6-8,14,16,19H,4-5,9-13,15,17H2,1-3H3. The Morgan fingerprint density at radius 3 is 2.55 bits per heavy atom. The van der Waals surface area contributed by atoms with Gasteiger partial charge in [0.05, 0.1) is 22.3 Å². The van der Waals surface area contributed by atoms with Crippen LogP contribution in [-0.4, -0.2) is 55.2 Å². The molecule has 1 aliphatic heterocycles. The summed E-state index contributed by atoms with van der Waals surface area (Å²) in [7, 11) is -4.48. The first-order chi connectivity index (χ1) is 18.9. The molecule has 2 saturated carbocycles. The number of ketones is 1. The molecule has 2 aromatic carbocycles. The van der Waals surface area contributed by atoms with Gasteiger partial charge in [0.2, 0.25) is 0 Å². The lowest BCUT2D eigenvalue weighted by molar-refractivity contribution is -0.143. The predicted molar refractivity (Wildman–Crippen MR) is 149 cm³/mol. The number of ether oxygens (including phenoxy) is 1. The quantitative estimate of drug-likeness (QED) is 0.156. The smallest absolute Gasteiger partial charge is 0.305 e. The van der Waals surface area contributed by atoms with Crippen LogP contribution in [0.3, 0.4) is 0 Å². The van der Waals surface area contributed by atoms with E-state index in [0.717, 1.165) is 19.3 Å². The van der Waals surface area contributed by atoms with Crippen LogP contribution in [0.25, 0.3) is 10.8 Å². The molecule has 2 fully saturated rings. The van der Waals surface area contributed by atoms with Crippen molar-refractivity contribution in [2.75, 3.05) is 18.1 Å². The minimum atomic E-state index is -4.48. The Balaban J connectivity index is 1.36. The van der Waals surface area contributed by atoms with Crippen LogP contribution in [0.5, 0.6) is 0 Å². The van der Waals surface area contributed by atoms with E-state index >= 15 is 0 Å². The topological polar surface area (TPSA) is 124 Å². The molecule has 5 rings (SSSR count). The molecule has 2 atom stereocenters. The Morgan fingerprint density at radius 1 is 1.12 bits per heavy atom. The van der Waals surface area contributed by atoms with Gasteiger partial charge >= 0.3 is 5.97 Å². The molecule has 11 heteroatoms. The minimum absolute atomic E-state index is 0.105. The molecule has 214 valence electrons. The van der Waals surface area contributed by atoms with Gasteiger partial charge in [0.25, 0.3) is 21.9 Å². The van der Waals surface area contributed by atoms with E-state index in [-0.39, 0.29) is 35.4 Å². The van der Waals surface area contributed by atoms with Crippen molar-refractivity contribution in [2.45, 2.75) is 64.2 Å². The fourth-order valence-corrected chi connectivity index (χ4v) is 8.98. The van der Waals surface area contributed by atoms with Gasteiger partial charge in [-0.1, -0.05) is 39.3 Å². The van der Waals surface area contributed by atoms with Gasteiger partial charge in [0, 0.05) is 28.9 Å². The molecule has 2 unspecified atom stereocenters. The molecule has 0 aromatic heterocycles. The molecule has 0 radical (unpaired) electrons. The number of thioether (sulfide) groups is 1. The van der Waals surface area contributed by atoms with E-state index in [1.165, 1.54) is 17.8 Å². The van der Waals surface area contributed by atoms with E-state index in [2.05, 4.69) is 0 Å². The Labute approximate surface area is 238 Å². The minimum Gasteiger partial charge on any atom is -0.465 e. The number of fused-ring (bicyclic) bond motifs is 2. The maximum absolute atomic E-state index is 13.5. The van der Waals surface area contributed by atoms with Crippen LogP contribution in [-0.2, 0) is 28.7 Å². The lowest BCUT2D eigenvalue weighted by Gasteiger charge is -2.36. The van der Waals surface area contributed by atoms with Crippen molar-refractivity contribution >= 4 is 56.2 Å². The Bertz CT molecular complexity index is 1520. The maximum Gasteiger partial charge on any atom is 0.305 e. The van der Waals surface area contributed by atoms with Gasteiger partial charge in [-0.3, -0.25) is 19.2 Å². The van der Waals surface area contributed by atoms with E-state index in [1.807, 2.05) is 26.8 Å². The van der Waals surface area contributed by atoms with Crippen LogP contribution in [0.15, 0.2) is 35.2 Å². The number of carbonyl (C=O) groups excluding carboxylic acids is 4. The van der Waals surface area contributed by atoms with Crippen LogP contribution in [0.4, 0.5) is 0 Å². The van der Waals surface area contributed by atoms with Gasteiger partial charge in [-0.15, -0.1) is 21.1 Å². The Morgan fingerprint density at radius 2 is 1.88 bits per heavy atom. The number of Topliss-reactive ketones (excluding diaryl/α,β-unsaturated/α-hetero) is 1. The van der Waals surface area contributed by atoms with Gasteiger partial charge in [-0.2, -0.15) is 8.42 Å². The van der Waals surface area contributed by atoms with Gasteiger partial charge in [0.1, 0.15) is 12.4 Å². The first-order valence-electron chi connectivity index (χ1n) is 13.6. The third kappa shape index (κ3) is 4.86. The highest BCUT2D eigenvalue weighted by molar-refractivity contribution is 7.99. The Hall–Kier alpha value is -2.76. The maximum atomic E-state index is 13.5. The predicted octanol–water partition coefficient (Wildman–Crippen LogP) is 4.92. The number of carbonyl (C=O) groups is 4. The van der Waals surface area contributed by atoms with E-state index in [9.17, 15) is 27.6 Å². The molecule has 3 aliphatic rings. The number of unbranched alkanes of at least 4 members (excludes halogenated alkanes) is 1. The van der Waals surface area contributed by atoms with E-state index in [4.69, 9.17) is 9.02 Å². The van der Waals surface area contributed by atoms with Crippen molar-refractivity contribution in [3.05, 3.63) is 41.5 Å². The van der Waals surface area contributed by atoms with Crippen molar-refractivity contribution in [1.82, 2.24) is 5.06 Å². The summed E-state index contributed by atoms with van der Waals surface area (Å²) in [6.45, 7) is 6.02. The number of imide groups is 1. The number of amides is 2. The van der Waals surface area contributed by atoms with Crippen molar-refractivity contribution < 1.29 is 36.6 Å². The Kier molecular flexibility index (Phi) is 7.60. The molecule has 2 bridgehead atoms. The fourth-order valence-electron chi connectivity index (χ4n) is 6.47. The number of hydrogen-bond donors (Lipinski definition) is 0. The lowest BCUT2D eigenvalue weighted by Crippen LogP contribution is -2.46. The average molecular weight is 588 g/mol. The molecule has 0 saturated heterocycles. The first-order valence-corrected chi connectivity index (χ1v) is 16.2. The van der Waals surface area contributed by atoms with Crippen LogP contribution in [0.1, 0.15) is 80.0 Å². The number of rotatable bonds is 11. The van der Waals surface area contributed by atoms with Crippen LogP contribution < -0.4 is 0 Å². The zero-order valence-corrected chi connectivity index (χ0v) is 24.5. The van der Waals surface area contributed by atoms with Crippen molar-refractivity contribution in [3.63, 3.8) is 0 Å². The molecule has 2 aliphatic carbocycles. The highest BCUT2D eigenvalue weighted by atomic mass is 32.2. The summed E-state index contributed by atoms with van der Waals surface area (Å²) < 4.78 is 37.1. The van der Waals surface area contributed by atoms with Gasteiger partial charge in [-0.05, 0) is 54.2 Å². The third-order valence-corrected chi connectivity index (χ3v) is 11.0. The van der Waals surface area contributed by atoms with E-state index < -0.39 is 38.5 Å². The largest absolute Gasteiger partial charge is 0.465 e. The van der Waals surface area contributed by atoms with Crippen molar-refractivity contribution in [2.24, 2.45) is 16.7 Å². The number of hydrogen-bond acceptors (Lipinski definition) is 9. The second-order valence-corrected chi connectivity index (χ2v) is 14.1. The first kappa shape index (κ1) is 28.8. The molecular weight excluding hydrogens is 554 g/mol. The summed E-state index contributed by atoms with van der Waals surface area (Å²) in [5.41, 5.74) is -1.33. The SMILES string of the molecule is CCCCC(=O)OCCSc1cc2c3c(cccc3c1)C(=O)N(OS(=O)(=O)CC13CCC(CC1=O)C3(C)C)C2=O. The molecule has 2 amide bonds. The highest BCUT2D eigenvalue weighted by Crippen LogP contribution is 2.64. The van der Waals surface area contributed by atoms with Crippen LogP contribution >= 0.6 is 11.8 Å². The highest BCUT2D eigenvalue weighted by Gasteiger charge is 2.65. The normalized spacial score (nSPS) is 23.3. The molecule has 1 heterocycles. The van der Waals surface area contributed by atoms with Crippen molar-refractivity contribution in [3.8, 4) is 0 Å². The molecule has 2 aromatic rings. The fraction of sp³-hybridized carbons (Fsp3) is 0.517. The monoisotopic (exact) mass is 587 g/mol. The molecule has 40 heavy (non-hydrogen) atoms. The molecular formula is C29H33NO8S2. The van der Waals surface area contributed by atoms with Gasteiger partial charge in [0.15, 0.2) is 0 Å². The summed E-state index contributed by atoms with van der Waals surface area (Å²) in [5, 5.41) is 1.39. The zero-order chi connectivity index (χ0) is 28.9. The van der Waals surface area contributed by atoms with E-state index in [0.29, 0.717) is 45.7 Å². The van der Waals surface area contributed by atoms with Crippen LogP contribution in [0, 0.1) is 16.7 Å². The zero-order valence-electron chi connectivity index (χ0n) is 22.9. The van der Waals surface area contributed by atoms with Crippen molar-refractivity contribution in [1.29, 1.82) is 0 Å². The van der Waals surface area contributed by atoms with Crippen LogP contribution in [0.2, 0.25) is 0 Å². The summed E-state index contributed by atoms with van der Waals surface area (Å²) in [6.07, 6.45) is 3.57. The molecule has 0 spiro atoms. The summed E-state index contributed by atoms with van der Waals surface area (Å²) in [5.74, 6) is -2.13. The van der Waals surface area contributed by atoms with Gasteiger partial charge in [-0.25, -0.2) is 0 Å². The van der Waals surface area contributed by atoms with E-state index in [1.54, 1.807) is 18.2 Å². The number of nitrogens with zero attached hydrogens (tertiary/aromatic N) is 1. The number of hydroxylamine groups is 2. The second kappa shape index (κ2) is 10.6. The summed E-state index contributed by atoms with van der Waals surface area (Å²) >= 11 is 1.38. The summed E-state index contributed by atoms with van der Waals surface area (Å²) in [4.78, 5) is 52.2. The number of benzene rings is 2. The third-order valence-electron chi connectivity index (χ3n) is 8.88. The van der Waals surface area contributed by atoms with Gasteiger partial charge < -0.3 is 4.74 Å². The lowest BCUT2D eigenvalue weighted by atomic mass is 9.70. The second-order valence-electron chi connectivity index (χ2n) is 11.4. The number of esters is 1. The average Bonchev–Trinajstić information content (AvgIpc) is 3.25. The molecule has 9 nitrogen and oxygen atoms in total.